The molecule has 6 heteroatoms. The first-order chi connectivity index (χ1) is 12.2. The van der Waals surface area contributed by atoms with Crippen LogP contribution in [0, 0.1) is 0 Å². The van der Waals surface area contributed by atoms with Crippen LogP contribution in [0.5, 0.6) is 0 Å². The lowest BCUT2D eigenvalue weighted by Crippen LogP contribution is -2.14. The largest absolute Gasteiger partial charge is 0.360 e. The number of H-pyrrole nitrogens is 1. The molecule has 1 aliphatic rings. The van der Waals surface area contributed by atoms with Gasteiger partial charge in [0.05, 0.1) is 5.25 Å². The topological polar surface area (TPSA) is 63.6 Å². The fraction of sp³-hybridized carbons (Fsp3) is 0.316. The Kier molecular flexibility index (Phi) is 4.21. The number of hydrogen-bond donors (Lipinski definition) is 1. The lowest BCUT2D eigenvalue weighted by Gasteiger charge is -2.11. The molecule has 0 amide bonds. The highest BCUT2D eigenvalue weighted by molar-refractivity contribution is 8.00. The molecule has 5 nitrogen and oxygen atoms in total. The van der Waals surface area contributed by atoms with E-state index < -0.39 is 0 Å². The molecule has 1 N–H and O–H groups in total. The third-order valence-electron chi connectivity index (χ3n) is 4.51. The summed E-state index contributed by atoms with van der Waals surface area (Å²) in [6.07, 6.45) is 5.99. The van der Waals surface area contributed by atoms with Crippen molar-refractivity contribution in [1.29, 1.82) is 0 Å². The van der Waals surface area contributed by atoms with E-state index in [0.29, 0.717) is 12.5 Å². The number of aromatic nitrogens is 4. The average Bonchev–Trinajstić information content (AvgIpc) is 3.26. The quantitative estimate of drug-likeness (QED) is 0.393. The van der Waals surface area contributed by atoms with Gasteiger partial charge in [-0.1, -0.05) is 36.0 Å². The van der Waals surface area contributed by atoms with Gasteiger partial charge in [0.2, 0.25) is 0 Å². The molecule has 1 aromatic carbocycles. The Morgan fingerprint density at radius 2 is 2.24 bits per heavy atom. The minimum absolute atomic E-state index is 0.101. The molecular weight excluding hydrogens is 332 g/mol. The third kappa shape index (κ3) is 3.02. The van der Waals surface area contributed by atoms with E-state index >= 15 is 0 Å². The second kappa shape index (κ2) is 6.52. The molecule has 3 aromatic rings. The molecule has 0 spiro atoms. The van der Waals surface area contributed by atoms with Crippen LogP contribution in [0.25, 0.3) is 10.9 Å². The average molecular weight is 352 g/mol. The fourth-order valence-corrected chi connectivity index (χ4v) is 3.97. The van der Waals surface area contributed by atoms with Gasteiger partial charge in [0.25, 0.3) is 0 Å². The number of allylic oxidation sites excluding steroid dienone is 1. The molecule has 2 aromatic heterocycles. The first-order valence-electron chi connectivity index (χ1n) is 8.50. The summed E-state index contributed by atoms with van der Waals surface area (Å²) in [7, 11) is 0. The Morgan fingerprint density at radius 3 is 3.00 bits per heavy atom. The number of carbonyl (C=O) groups excluding carboxylic acids is 1. The van der Waals surface area contributed by atoms with Gasteiger partial charge in [-0.15, -0.1) is 16.8 Å². The molecule has 4 rings (SSSR count). The van der Waals surface area contributed by atoms with Crippen molar-refractivity contribution in [3.8, 4) is 0 Å². The monoisotopic (exact) mass is 352 g/mol. The first kappa shape index (κ1) is 16.1. The molecule has 2 heterocycles. The highest BCUT2D eigenvalue weighted by Crippen LogP contribution is 2.40. The third-order valence-corrected chi connectivity index (χ3v) is 5.59. The van der Waals surface area contributed by atoms with Crippen molar-refractivity contribution < 1.29 is 4.79 Å². The number of thioether (sulfide) groups is 1. The van der Waals surface area contributed by atoms with Crippen LogP contribution in [-0.4, -0.2) is 30.8 Å². The predicted octanol–water partition coefficient (Wildman–Crippen LogP) is 4.19. The number of nitrogens with zero attached hydrogens (tertiary/aromatic N) is 3. The summed E-state index contributed by atoms with van der Waals surface area (Å²) >= 11 is 1.47. The maximum Gasteiger partial charge on any atom is 0.192 e. The van der Waals surface area contributed by atoms with Gasteiger partial charge in [-0.25, -0.2) is 0 Å². The maximum absolute atomic E-state index is 12.9. The summed E-state index contributed by atoms with van der Waals surface area (Å²) in [6, 6.07) is 7.87. The highest BCUT2D eigenvalue weighted by Gasteiger charge is 2.31. The Morgan fingerprint density at radius 1 is 1.44 bits per heavy atom. The van der Waals surface area contributed by atoms with Crippen molar-refractivity contribution in [2.24, 2.45) is 0 Å². The van der Waals surface area contributed by atoms with Gasteiger partial charge < -0.3 is 9.55 Å². The number of para-hydroxylation sites is 1. The van der Waals surface area contributed by atoms with Crippen molar-refractivity contribution >= 4 is 28.4 Å². The van der Waals surface area contributed by atoms with Crippen molar-refractivity contribution in [3.05, 3.63) is 54.5 Å². The second-order valence-electron chi connectivity index (χ2n) is 6.39. The number of rotatable bonds is 7. The van der Waals surface area contributed by atoms with Gasteiger partial charge in [-0.05, 0) is 25.8 Å². The highest BCUT2D eigenvalue weighted by atomic mass is 32.2. The molecule has 0 bridgehead atoms. The summed E-state index contributed by atoms with van der Waals surface area (Å²) in [5, 5.41) is 10.2. The van der Waals surface area contributed by atoms with E-state index in [2.05, 4.69) is 26.3 Å². The van der Waals surface area contributed by atoms with E-state index in [9.17, 15) is 4.79 Å². The number of benzene rings is 1. The maximum atomic E-state index is 12.9. The van der Waals surface area contributed by atoms with Crippen LogP contribution in [0.15, 0.2) is 48.3 Å². The van der Waals surface area contributed by atoms with E-state index in [1.807, 2.05) is 37.3 Å². The van der Waals surface area contributed by atoms with Crippen molar-refractivity contribution in [2.75, 3.05) is 0 Å². The summed E-state index contributed by atoms with van der Waals surface area (Å²) in [4.78, 5) is 16.1. The van der Waals surface area contributed by atoms with Gasteiger partial charge in [-0.2, -0.15) is 0 Å². The van der Waals surface area contributed by atoms with Crippen LogP contribution < -0.4 is 0 Å². The number of nitrogens with one attached hydrogen (secondary N) is 1. The van der Waals surface area contributed by atoms with Crippen LogP contribution in [0.2, 0.25) is 0 Å². The number of hydrogen-bond acceptors (Lipinski definition) is 4. The Bertz CT molecular complexity index is 938. The number of fused-ring (bicyclic) bond motifs is 1. The standard InChI is InChI=1S/C19H20N4OS/c1-3-10-23-18(13-8-9-13)21-22-19(23)25-12(2)17(24)15-11-20-16-7-5-4-6-14(15)16/h3-7,11-13,20H,1,8-10H2,2H3. The minimum atomic E-state index is -0.237. The molecular formula is C19H20N4OS. The zero-order valence-electron chi connectivity index (χ0n) is 14.1. The van der Waals surface area contributed by atoms with Gasteiger partial charge in [-0.3, -0.25) is 4.79 Å². The molecule has 1 atom stereocenters. The van der Waals surface area contributed by atoms with Crippen LogP contribution in [0.4, 0.5) is 0 Å². The van der Waals surface area contributed by atoms with Crippen LogP contribution in [0.1, 0.15) is 41.9 Å². The second-order valence-corrected chi connectivity index (χ2v) is 7.69. The van der Waals surface area contributed by atoms with E-state index in [0.717, 1.165) is 27.4 Å². The van der Waals surface area contributed by atoms with Crippen molar-refractivity contribution in [3.63, 3.8) is 0 Å². The summed E-state index contributed by atoms with van der Waals surface area (Å²) in [5.41, 5.74) is 1.71. The SMILES string of the molecule is C=CCn1c(SC(C)C(=O)c2c[nH]c3ccccc23)nnc1C1CC1. The van der Waals surface area contributed by atoms with Crippen LogP contribution in [0.3, 0.4) is 0 Å². The van der Waals surface area contributed by atoms with Crippen molar-refractivity contribution in [1.82, 2.24) is 19.7 Å². The molecule has 0 aliphatic heterocycles. The molecule has 1 fully saturated rings. The van der Waals surface area contributed by atoms with E-state index in [-0.39, 0.29) is 11.0 Å². The summed E-state index contributed by atoms with van der Waals surface area (Å²) in [5.74, 6) is 1.64. The summed E-state index contributed by atoms with van der Waals surface area (Å²) in [6.45, 7) is 6.43. The number of aromatic amines is 1. The normalized spacial score (nSPS) is 15.4. The molecule has 1 saturated carbocycles. The van der Waals surface area contributed by atoms with E-state index in [1.54, 1.807) is 6.20 Å². The van der Waals surface area contributed by atoms with Crippen LogP contribution >= 0.6 is 11.8 Å². The zero-order valence-corrected chi connectivity index (χ0v) is 14.9. The van der Waals surface area contributed by atoms with Gasteiger partial charge in [0.1, 0.15) is 5.82 Å². The minimum Gasteiger partial charge on any atom is -0.360 e. The Hall–Kier alpha value is -2.34. The van der Waals surface area contributed by atoms with Gasteiger partial charge in [0.15, 0.2) is 10.9 Å². The molecule has 1 aliphatic carbocycles. The lowest BCUT2D eigenvalue weighted by molar-refractivity contribution is 0.0995. The van der Waals surface area contributed by atoms with Gasteiger partial charge >= 0.3 is 0 Å². The van der Waals surface area contributed by atoms with Crippen molar-refractivity contribution in [2.45, 2.75) is 42.6 Å². The summed E-state index contributed by atoms with van der Waals surface area (Å²) < 4.78 is 2.09. The predicted molar refractivity (Wildman–Crippen MR) is 100 cm³/mol. The smallest absolute Gasteiger partial charge is 0.192 e. The first-order valence-corrected chi connectivity index (χ1v) is 9.38. The fourth-order valence-electron chi connectivity index (χ4n) is 3.04. The molecule has 0 radical (unpaired) electrons. The Balaban J connectivity index is 1.58. The number of ketones is 1. The van der Waals surface area contributed by atoms with Gasteiger partial charge in [0, 0.05) is 35.1 Å². The molecule has 0 saturated heterocycles. The van der Waals surface area contributed by atoms with Crippen LogP contribution in [-0.2, 0) is 6.54 Å². The van der Waals surface area contributed by atoms with E-state index in [4.69, 9.17) is 0 Å². The Labute approximate surface area is 150 Å². The molecule has 1 unspecified atom stereocenters. The van der Waals surface area contributed by atoms with E-state index in [1.165, 1.54) is 24.6 Å². The molecule has 25 heavy (non-hydrogen) atoms. The number of Topliss-reactive ketones (excluding diaryl/α,β-unsaturated/α-hetero) is 1. The molecule has 128 valence electrons. The zero-order chi connectivity index (χ0) is 17.4. The lowest BCUT2D eigenvalue weighted by atomic mass is 10.1. The number of carbonyl (C=O) groups is 1.